The molecule has 2 atom stereocenters. The van der Waals surface area contributed by atoms with Crippen molar-refractivity contribution < 1.29 is 19.1 Å². The molecule has 0 spiro atoms. The quantitative estimate of drug-likeness (QED) is 0.293. The van der Waals surface area contributed by atoms with Gasteiger partial charge in [0.25, 0.3) is 0 Å². The monoisotopic (exact) mass is 382 g/mol. The third-order valence-corrected chi connectivity index (χ3v) is 5.35. The van der Waals surface area contributed by atoms with Gasteiger partial charge in [0, 0.05) is 0 Å². The highest BCUT2D eigenvalue weighted by Gasteiger charge is 2.37. The van der Waals surface area contributed by atoms with Crippen LogP contribution in [0.2, 0.25) is 0 Å². The van der Waals surface area contributed by atoms with Crippen LogP contribution in [0.3, 0.4) is 0 Å². The van der Waals surface area contributed by atoms with Crippen molar-refractivity contribution in [1.82, 2.24) is 0 Å². The van der Waals surface area contributed by atoms with Crippen LogP contribution in [0.1, 0.15) is 98.3 Å². The molecule has 0 saturated heterocycles. The Morgan fingerprint density at radius 1 is 0.741 bits per heavy atom. The Bertz CT molecular complexity index is 417. The van der Waals surface area contributed by atoms with Crippen LogP contribution in [0.5, 0.6) is 0 Å². The van der Waals surface area contributed by atoms with Crippen LogP contribution in [0, 0.1) is 23.7 Å². The van der Waals surface area contributed by atoms with E-state index in [1.807, 2.05) is 13.8 Å². The summed E-state index contributed by atoms with van der Waals surface area (Å²) >= 11 is 0. The lowest BCUT2D eigenvalue weighted by Gasteiger charge is -2.28. The molecule has 1 aliphatic carbocycles. The number of unbranched alkanes of at least 4 members (excludes halogenated alkanes) is 5. The van der Waals surface area contributed by atoms with Crippen LogP contribution in [-0.2, 0) is 19.1 Å². The molecule has 4 heteroatoms. The van der Waals surface area contributed by atoms with Gasteiger partial charge in [0.2, 0.25) is 0 Å². The van der Waals surface area contributed by atoms with E-state index in [1.165, 1.54) is 32.1 Å². The van der Waals surface area contributed by atoms with Crippen molar-refractivity contribution >= 4 is 11.9 Å². The minimum Gasteiger partial charge on any atom is -0.465 e. The van der Waals surface area contributed by atoms with E-state index in [0.717, 1.165) is 44.4 Å². The van der Waals surface area contributed by atoms with Gasteiger partial charge in [-0.15, -0.1) is 0 Å². The van der Waals surface area contributed by atoms with Crippen molar-refractivity contribution in [1.29, 1.82) is 0 Å². The Labute approximate surface area is 166 Å². The number of ether oxygens (including phenoxy) is 2. The van der Waals surface area contributed by atoms with Gasteiger partial charge >= 0.3 is 11.9 Å². The molecule has 4 nitrogen and oxygen atoms in total. The van der Waals surface area contributed by atoms with Gasteiger partial charge in [-0.2, -0.15) is 0 Å². The van der Waals surface area contributed by atoms with Gasteiger partial charge in [-0.05, 0) is 31.1 Å². The molecule has 0 aromatic heterocycles. The minimum absolute atomic E-state index is 0.196. The summed E-state index contributed by atoms with van der Waals surface area (Å²) in [5.41, 5.74) is 0. The van der Waals surface area contributed by atoms with Crippen LogP contribution in [0.4, 0.5) is 0 Å². The summed E-state index contributed by atoms with van der Waals surface area (Å²) in [5, 5.41) is 0. The zero-order valence-electron chi connectivity index (χ0n) is 18.1. The average Bonchev–Trinajstić information content (AvgIpc) is 2.64. The third kappa shape index (κ3) is 10.8. The van der Waals surface area contributed by atoms with Gasteiger partial charge < -0.3 is 9.47 Å². The molecule has 0 aliphatic heterocycles. The number of rotatable bonds is 13. The standard InChI is InChI=1S/C23H42O4/c1-18(2)13-9-7-5-6-8-12-16-26-22(24)20-14-10-11-15-21(20)23(25)27-17-19(3)4/h18-21H,5-17H2,1-4H3. The first-order valence-electron chi connectivity index (χ1n) is 11.2. The Morgan fingerprint density at radius 3 is 1.81 bits per heavy atom. The lowest BCUT2D eigenvalue weighted by atomic mass is 9.79. The first kappa shape index (κ1) is 24.0. The Balaban J connectivity index is 2.20. The molecule has 27 heavy (non-hydrogen) atoms. The van der Waals surface area contributed by atoms with Crippen LogP contribution in [0.15, 0.2) is 0 Å². The van der Waals surface area contributed by atoms with E-state index in [2.05, 4.69) is 13.8 Å². The Hall–Kier alpha value is -1.06. The number of hydrogen-bond acceptors (Lipinski definition) is 4. The molecular formula is C23H42O4. The van der Waals surface area contributed by atoms with E-state index >= 15 is 0 Å². The summed E-state index contributed by atoms with van der Waals surface area (Å²) in [5.74, 6) is 0.0780. The summed E-state index contributed by atoms with van der Waals surface area (Å²) in [4.78, 5) is 24.8. The van der Waals surface area contributed by atoms with Crippen molar-refractivity contribution in [3.8, 4) is 0 Å². The fraction of sp³-hybridized carbons (Fsp3) is 0.913. The number of carbonyl (C=O) groups excluding carboxylic acids is 2. The molecule has 1 fully saturated rings. The van der Waals surface area contributed by atoms with Crippen LogP contribution >= 0.6 is 0 Å². The van der Waals surface area contributed by atoms with E-state index in [-0.39, 0.29) is 23.8 Å². The van der Waals surface area contributed by atoms with Crippen molar-refractivity contribution in [2.75, 3.05) is 13.2 Å². The molecular weight excluding hydrogens is 340 g/mol. The molecule has 1 aliphatic rings. The predicted octanol–water partition coefficient (Wildman–Crippen LogP) is 5.92. The molecule has 158 valence electrons. The van der Waals surface area contributed by atoms with Gasteiger partial charge in [-0.3, -0.25) is 9.59 Å². The third-order valence-electron chi connectivity index (χ3n) is 5.35. The van der Waals surface area contributed by atoms with Crippen LogP contribution in [-0.4, -0.2) is 25.2 Å². The molecule has 1 saturated carbocycles. The first-order valence-corrected chi connectivity index (χ1v) is 11.2. The SMILES string of the molecule is CC(C)CCCCCCCCOC(=O)C1CCCCC1C(=O)OCC(C)C. The van der Waals surface area contributed by atoms with E-state index in [9.17, 15) is 9.59 Å². The van der Waals surface area contributed by atoms with Crippen LogP contribution in [0.25, 0.3) is 0 Å². The first-order chi connectivity index (χ1) is 12.9. The van der Waals surface area contributed by atoms with Gasteiger partial charge in [0.15, 0.2) is 0 Å². The number of carbonyl (C=O) groups is 2. The van der Waals surface area contributed by atoms with Crippen molar-refractivity contribution in [2.24, 2.45) is 23.7 Å². The molecule has 0 N–H and O–H groups in total. The zero-order chi connectivity index (χ0) is 20.1. The second-order valence-corrected chi connectivity index (χ2v) is 8.99. The second-order valence-electron chi connectivity index (χ2n) is 8.99. The number of hydrogen-bond donors (Lipinski definition) is 0. The summed E-state index contributed by atoms with van der Waals surface area (Å²) in [6.07, 6.45) is 11.9. The fourth-order valence-corrected chi connectivity index (χ4v) is 3.69. The maximum absolute atomic E-state index is 12.5. The molecule has 0 heterocycles. The zero-order valence-corrected chi connectivity index (χ0v) is 18.1. The van der Waals surface area contributed by atoms with Gasteiger partial charge in [0.1, 0.15) is 0 Å². The second kappa shape index (κ2) is 14.0. The van der Waals surface area contributed by atoms with Crippen LogP contribution < -0.4 is 0 Å². The van der Waals surface area contributed by atoms with Gasteiger partial charge in [-0.25, -0.2) is 0 Å². The molecule has 2 unspecified atom stereocenters. The van der Waals surface area contributed by atoms with Crippen molar-refractivity contribution in [2.45, 2.75) is 98.3 Å². The molecule has 0 radical (unpaired) electrons. The van der Waals surface area contributed by atoms with E-state index in [4.69, 9.17) is 9.47 Å². The number of esters is 2. The van der Waals surface area contributed by atoms with Crippen molar-refractivity contribution in [3.05, 3.63) is 0 Å². The summed E-state index contributed by atoms with van der Waals surface area (Å²) in [7, 11) is 0. The van der Waals surface area contributed by atoms with Crippen molar-refractivity contribution in [3.63, 3.8) is 0 Å². The molecule has 1 rings (SSSR count). The maximum Gasteiger partial charge on any atom is 0.309 e. The van der Waals surface area contributed by atoms with E-state index in [0.29, 0.717) is 19.1 Å². The summed E-state index contributed by atoms with van der Waals surface area (Å²) in [6.45, 7) is 9.49. The molecule has 0 amide bonds. The maximum atomic E-state index is 12.5. The molecule has 0 aromatic carbocycles. The Kier molecular flexibility index (Phi) is 12.4. The largest absolute Gasteiger partial charge is 0.465 e. The average molecular weight is 383 g/mol. The van der Waals surface area contributed by atoms with Gasteiger partial charge in [-0.1, -0.05) is 79.1 Å². The van der Waals surface area contributed by atoms with E-state index in [1.54, 1.807) is 0 Å². The fourth-order valence-electron chi connectivity index (χ4n) is 3.69. The topological polar surface area (TPSA) is 52.6 Å². The highest BCUT2D eigenvalue weighted by Crippen LogP contribution is 2.32. The summed E-state index contributed by atoms with van der Waals surface area (Å²) < 4.78 is 10.9. The normalized spacial score (nSPS) is 20.1. The molecule has 0 bridgehead atoms. The summed E-state index contributed by atoms with van der Waals surface area (Å²) in [6, 6.07) is 0. The minimum atomic E-state index is -0.314. The lowest BCUT2D eigenvalue weighted by molar-refractivity contribution is -0.163. The Morgan fingerprint density at radius 2 is 1.26 bits per heavy atom. The predicted molar refractivity (Wildman–Crippen MR) is 109 cm³/mol. The smallest absolute Gasteiger partial charge is 0.309 e. The molecule has 0 aromatic rings. The van der Waals surface area contributed by atoms with Gasteiger partial charge in [0.05, 0.1) is 25.0 Å². The van der Waals surface area contributed by atoms with E-state index < -0.39 is 0 Å². The highest BCUT2D eigenvalue weighted by molar-refractivity contribution is 5.82. The highest BCUT2D eigenvalue weighted by atomic mass is 16.5. The lowest BCUT2D eigenvalue weighted by Crippen LogP contribution is -2.35.